The molecule has 5 nitrogen and oxygen atoms in total. The summed E-state index contributed by atoms with van der Waals surface area (Å²) in [4.78, 5) is 34.8. The molecule has 1 aromatic rings. The Kier molecular flexibility index (Phi) is 6.97. The van der Waals surface area contributed by atoms with Crippen LogP contribution in [0.15, 0.2) is 24.3 Å². The number of Topliss-reactive ketones (excluding diaryl/α,β-unsaturated/α-hetero) is 1. The number of nitrogens with one attached hydrogen (secondary N) is 1. The second-order valence-corrected chi connectivity index (χ2v) is 6.47. The monoisotopic (exact) mass is 331 g/mol. The van der Waals surface area contributed by atoms with E-state index in [4.69, 9.17) is 5.11 Å². The highest BCUT2D eigenvalue weighted by Crippen LogP contribution is 2.22. The van der Waals surface area contributed by atoms with Gasteiger partial charge in [0, 0.05) is 30.5 Å². The lowest BCUT2D eigenvalue weighted by Gasteiger charge is -2.21. The smallest absolute Gasteiger partial charge is 0.303 e. The van der Waals surface area contributed by atoms with Crippen molar-refractivity contribution in [1.29, 1.82) is 0 Å². The summed E-state index contributed by atoms with van der Waals surface area (Å²) in [5.41, 5.74) is 0.945. The largest absolute Gasteiger partial charge is 0.481 e. The molecule has 5 heteroatoms. The van der Waals surface area contributed by atoms with E-state index in [0.29, 0.717) is 30.0 Å². The Hall–Kier alpha value is -2.17. The van der Waals surface area contributed by atoms with Gasteiger partial charge in [0.25, 0.3) is 5.91 Å². The van der Waals surface area contributed by atoms with Crippen LogP contribution in [0.25, 0.3) is 0 Å². The second kappa shape index (κ2) is 9.21. The van der Waals surface area contributed by atoms with E-state index in [1.165, 1.54) is 32.1 Å². The molecule has 1 fully saturated rings. The minimum Gasteiger partial charge on any atom is -0.481 e. The van der Waals surface area contributed by atoms with E-state index in [0.717, 1.165) is 0 Å². The van der Waals surface area contributed by atoms with Crippen molar-refractivity contribution in [2.75, 3.05) is 6.54 Å². The van der Waals surface area contributed by atoms with Crippen molar-refractivity contribution in [2.24, 2.45) is 5.92 Å². The highest BCUT2D eigenvalue weighted by molar-refractivity contribution is 6.00. The van der Waals surface area contributed by atoms with E-state index in [2.05, 4.69) is 5.32 Å². The first-order valence-electron chi connectivity index (χ1n) is 8.69. The molecule has 1 saturated carbocycles. The summed E-state index contributed by atoms with van der Waals surface area (Å²) in [7, 11) is 0. The minimum atomic E-state index is -0.904. The molecule has 0 aliphatic heterocycles. The van der Waals surface area contributed by atoms with Gasteiger partial charge >= 0.3 is 5.97 Å². The maximum atomic E-state index is 12.3. The summed E-state index contributed by atoms with van der Waals surface area (Å²) in [5.74, 6) is -0.624. The van der Waals surface area contributed by atoms with E-state index in [1.54, 1.807) is 24.3 Å². The van der Waals surface area contributed by atoms with Crippen molar-refractivity contribution >= 4 is 17.7 Å². The van der Waals surface area contributed by atoms with Crippen molar-refractivity contribution in [3.8, 4) is 0 Å². The quantitative estimate of drug-likeness (QED) is 0.715. The number of ketones is 1. The predicted molar refractivity (Wildman–Crippen MR) is 91.2 cm³/mol. The molecule has 24 heavy (non-hydrogen) atoms. The van der Waals surface area contributed by atoms with E-state index in [-0.39, 0.29) is 24.5 Å². The lowest BCUT2D eigenvalue weighted by Crippen LogP contribution is -2.30. The first-order valence-corrected chi connectivity index (χ1v) is 8.69. The number of carbonyl (C=O) groups is 3. The topological polar surface area (TPSA) is 83.5 Å². The molecule has 0 unspecified atom stereocenters. The van der Waals surface area contributed by atoms with Gasteiger partial charge < -0.3 is 10.4 Å². The molecule has 2 rings (SSSR count). The third kappa shape index (κ3) is 5.80. The molecule has 130 valence electrons. The van der Waals surface area contributed by atoms with Crippen LogP contribution < -0.4 is 5.32 Å². The number of benzene rings is 1. The SMILES string of the molecule is O=C(O)CCCC(=O)c1cccc(C(=O)NCC2CCCCC2)c1. The first-order chi connectivity index (χ1) is 11.6. The fourth-order valence-electron chi connectivity index (χ4n) is 3.11. The van der Waals surface area contributed by atoms with Crippen molar-refractivity contribution in [1.82, 2.24) is 5.32 Å². The van der Waals surface area contributed by atoms with Crippen LogP contribution in [0.4, 0.5) is 0 Å². The zero-order valence-electron chi connectivity index (χ0n) is 13.9. The molecule has 1 aliphatic carbocycles. The van der Waals surface area contributed by atoms with Gasteiger partial charge in [-0.25, -0.2) is 0 Å². The predicted octanol–water partition coefficient (Wildman–Crippen LogP) is 3.43. The van der Waals surface area contributed by atoms with E-state index >= 15 is 0 Å². The number of hydrogen-bond donors (Lipinski definition) is 2. The lowest BCUT2D eigenvalue weighted by molar-refractivity contribution is -0.137. The van der Waals surface area contributed by atoms with Gasteiger partial charge in [-0.1, -0.05) is 31.4 Å². The Bertz CT molecular complexity index is 591. The van der Waals surface area contributed by atoms with Gasteiger partial charge in [0.1, 0.15) is 0 Å². The lowest BCUT2D eigenvalue weighted by atomic mass is 9.89. The van der Waals surface area contributed by atoms with Crippen molar-refractivity contribution in [3.63, 3.8) is 0 Å². The number of hydrogen-bond acceptors (Lipinski definition) is 3. The summed E-state index contributed by atoms with van der Waals surface area (Å²) in [6, 6.07) is 6.66. The Morgan fingerprint density at radius 3 is 2.46 bits per heavy atom. The number of carboxylic acid groups (broad SMARTS) is 1. The summed E-state index contributed by atoms with van der Waals surface area (Å²) in [6.07, 6.45) is 6.57. The Balaban J connectivity index is 1.87. The van der Waals surface area contributed by atoms with Crippen LogP contribution in [0.3, 0.4) is 0 Å². The van der Waals surface area contributed by atoms with Crippen LogP contribution in [0.5, 0.6) is 0 Å². The van der Waals surface area contributed by atoms with Crippen LogP contribution in [-0.4, -0.2) is 29.3 Å². The number of carbonyl (C=O) groups excluding carboxylic acids is 2. The van der Waals surface area contributed by atoms with Gasteiger partial charge in [-0.05, 0) is 37.3 Å². The molecule has 1 amide bonds. The Morgan fingerprint density at radius 2 is 1.75 bits per heavy atom. The van der Waals surface area contributed by atoms with Gasteiger partial charge in [-0.15, -0.1) is 0 Å². The number of aliphatic carboxylic acids is 1. The van der Waals surface area contributed by atoms with E-state index in [1.807, 2.05) is 0 Å². The van der Waals surface area contributed by atoms with Gasteiger partial charge in [-0.2, -0.15) is 0 Å². The van der Waals surface area contributed by atoms with Crippen LogP contribution in [0.1, 0.15) is 72.1 Å². The van der Waals surface area contributed by atoms with Gasteiger partial charge in [-0.3, -0.25) is 14.4 Å². The fourth-order valence-corrected chi connectivity index (χ4v) is 3.11. The van der Waals surface area contributed by atoms with Crippen LogP contribution >= 0.6 is 0 Å². The molecular formula is C19H25NO4. The third-order valence-electron chi connectivity index (χ3n) is 4.52. The molecule has 0 heterocycles. The second-order valence-electron chi connectivity index (χ2n) is 6.47. The Morgan fingerprint density at radius 1 is 1.04 bits per heavy atom. The average molecular weight is 331 g/mol. The summed E-state index contributed by atoms with van der Waals surface area (Å²) in [6.45, 7) is 0.690. The normalized spacial score (nSPS) is 15.0. The zero-order valence-corrected chi connectivity index (χ0v) is 13.9. The molecule has 2 N–H and O–H groups in total. The molecule has 1 aromatic carbocycles. The summed E-state index contributed by atoms with van der Waals surface area (Å²) in [5, 5.41) is 11.6. The maximum Gasteiger partial charge on any atom is 0.303 e. The molecule has 0 spiro atoms. The van der Waals surface area contributed by atoms with E-state index < -0.39 is 5.97 Å². The molecule has 0 aromatic heterocycles. The zero-order chi connectivity index (χ0) is 17.4. The van der Waals surface area contributed by atoms with Crippen LogP contribution in [0.2, 0.25) is 0 Å². The van der Waals surface area contributed by atoms with Crippen LogP contribution in [0, 0.1) is 5.92 Å². The fraction of sp³-hybridized carbons (Fsp3) is 0.526. The molecular weight excluding hydrogens is 306 g/mol. The number of amides is 1. The minimum absolute atomic E-state index is 0.0205. The van der Waals surface area contributed by atoms with Crippen molar-refractivity contribution in [2.45, 2.75) is 51.4 Å². The molecule has 0 saturated heterocycles. The van der Waals surface area contributed by atoms with Gasteiger partial charge in [0.15, 0.2) is 5.78 Å². The Labute approximate surface area is 142 Å². The van der Waals surface area contributed by atoms with Crippen LogP contribution in [-0.2, 0) is 4.79 Å². The molecule has 0 atom stereocenters. The van der Waals surface area contributed by atoms with Crippen molar-refractivity contribution < 1.29 is 19.5 Å². The number of rotatable bonds is 8. The van der Waals surface area contributed by atoms with Gasteiger partial charge in [0.2, 0.25) is 0 Å². The first kappa shape index (κ1) is 18.2. The standard InChI is InChI=1S/C19H25NO4/c21-17(10-5-11-18(22)23)15-8-4-9-16(12-15)19(24)20-13-14-6-2-1-3-7-14/h4,8-9,12,14H,1-3,5-7,10-11,13H2,(H,20,24)(H,22,23). The third-order valence-corrected chi connectivity index (χ3v) is 4.52. The molecule has 0 radical (unpaired) electrons. The molecule has 0 bridgehead atoms. The highest BCUT2D eigenvalue weighted by Gasteiger charge is 2.15. The van der Waals surface area contributed by atoms with E-state index in [9.17, 15) is 14.4 Å². The summed E-state index contributed by atoms with van der Waals surface area (Å²) >= 11 is 0. The highest BCUT2D eigenvalue weighted by atomic mass is 16.4. The average Bonchev–Trinajstić information content (AvgIpc) is 2.60. The van der Waals surface area contributed by atoms with Gasteiger partial charge in [0.05, 0.1) is 0 Å². The van der Waals surface area contributed by atoms with Crippen molar-refractivity contribution in [3.05, 3.63) is 35.4 Å². The number of carboxylic acids is 1. The summed E-state index contributed by atoms with van der Waals surface area (Å²) < 4.78 is 0. The molecule has 1 aliphatic rings. The maximum absolute atomic E-state index is 12.3.